The Morgan fingerprint density at radius 2 is 1.71 bits per heavy atom. The van der Waals surface area contributed by atoms with Gasteiger partial charge in [0.1, 0.15) is 0 Å². The number of benzene rings is 2. The molecule has 5 nitrogen and oxygen atoms in total. The number of nitrogens with one attached hydrogen (secondary N) is 2. The standard InChI is InChI=1S/C18H18N2O3S/c1-24(23)16-9-7-14(8-10-16)19-18(22)13-3-2-4-15(11-13)20-17(21)12-5-6-12/h2-4,7-12H,5-6H2,1H3,(H,19,22)(H,20,21)/t24-/m1/s1. The Labute approximate surface area is 142 Å². The molecule has 2 aromatic rings. The molecule has 1 aliphatic rings. The van der Waals surface area contributed by atoms with Crippen LogP contribution in [0.2, 0.25) is 0 Å². The normalized spacial score (nSPS) is 14.7. The first-order chi connectivity index (χ1) is 11.5. The summed E-state index contributed by atoms with van der Waals surface area (Å²) in [6.45, 7) is 0. The van der Waals surface area contributed by atoms with E-state index in [4.69, 9.17) is 0 Å². The van der Waals surface area contributed by atoms with Crippen molar-refractivity contribution in [3.63, 3.8) is 0 Å². The number of hydrogen-bond acceptors (Lipinski definition) is 3. The summed E-state index contributed by atoms with van der Waals surface area (Å²) in [6.07, 6.45) is 3.48. The average molecular weight is 342 g/mol. The van der Waals surface area contributed by atoms with Crippen LogP contribution in [0.15, 0.2) is 53.4 Å². The minimum absolute atomic E-state index is 0.00992. The quantitative estimate of drug-likeness (QED) is 0.877. The first kappa shape index (κ1) is 16.4. The van der Waals surface area contributed by atoms with Crippen LogP contribution >= 0.6 is 0 Å². The molecule has 0 spiro atoms. The van der Waals surface area contributed by atoms with Gasteiger partial charge in [0, 0.05) is 44.8 Å². The largest absolute Gasteiger partial charge is 0.326 e. The molecule has 0 aromatic heterocycles. The van der Waals surface area contributed by atoms with E-state index in [1.165, 1.54) is 0 Å². The van der Waals surface area contributed by atoms with E-state index in [1.54, 1.807) is 54.8 Å². The number of carbonyl (C=O) groups excluding carboxylic acids is 2. The lowest BCUT2D eigenvalue weighted by atomic mass is 10.1. The second-order valence-corrected chi connectivity index (χ2v) is 7.16. The van der Waals surface area contributed by atoms with Crippen LogP contribution in [0.5, 0.6) is 0 Å². The monoisotopic (exact) mass is 342 g/mol. The van der Waals surface area contributed by atoms with Gasteiger partial charge in [-0.2, -0.15) is 0 Å². The Kier molecular flexibility index (Phi) is 4.76. The maximum absolute atomic E-state index is 12.3. The van der Waals surface area contributed by atoms with Crippen LogP contribution in [0.4, 0.5) is 11.4 Å². The van der Waals surface area contributed by atoms with Crippen molar-refractivity contribution in [1.29, 1.82) is 0 Å². The molecule has 1 atom stereocenters. The Morgan fingerprint density at radius 1 is 1.00 bits per heavy atom. The maximum Gasteiger partial charge on any atom is 0.255 e. The third kappa shape index (κ3) is 4.08. The van der Waals surface area contributed by atoms with Gasteiger partial charge in [0.05, 0.1) is 0 Å². The summed E-state index contributed by atoms with van der Waals surface area (Å²) in [7, 11) is -1.05. The number of anilines is 2. The van der Waals surface area contributed by atoms with Crippen molar-refractivity contribution in [3.8, 4) is 0 Å². The molecule has 0 bridgehead atoms. The van der Waals surface area contributed by atoms with Gasteiger partial charge in [-0.05, 0) is 55.3 Å². The topological polar surface area (TPSA) is 75.3 Å². The SMILES string of the molecule is C[S@@](=O)c1ccc(NC(=O)c2cccc(NC(=O)C3CC3)c2)cc1. The molecular weight excluding hydrogens is 324 g/mol. The molecule has 0 radical (unpaired) electrons. The van der Waals surface area contributed by atoms with Crippen molar-refractivity contribution in [2.75, 3.05) is 16.9 Å². The van der Waals surface area contributed by atoms with E-state index in [-0.39, 0.29) is 17.7 Å². The summed E-state index contributed by atoms with van der Waals surface area (Å²) >= 11 is 0. The van der Waals surface area contributed by atoms with Gasteiger partial charge in [0.15, 0.2) is 0 Å². The van der Waals surface area contributed by atoms with Gasteiger partial charge in [-0.25, -0.2) is 0 Å². The fourth-order valence-corrected chi connectivity index (χ4v) is 2.78. The molecular formula is C18H18N2O3S. The van der Waals surface area contributed by atoms with Crippen LogP contribution < -0.4 is 10.6 Å². The zero-order valence-corrected chi connectivity index (χ0v) is 14.1. The van der Waals surface area contributed by atoms with Gasteiger partial charge in [-0.3, -0.25) is 13.8 Å². The molecule has 1 fully saturated rings. The highest BCUT2D eigenvalue weighted by atomic mass is 32.2. The summed E-state index contributed by atoms with van der Waals surface area (Å²) in [6, 6.07) is 13.7. The van der Waals surface area contributed by atoms with E-state index in [0.29, 0.717) is 21.8 Å². The minimum Gasteiger partial charge on any atom is -0.326 e. The van der Waals surface area contributed by atoms with Crippen LogP contribution in [-0.2, 0) is 15.6 Å². The highest BCUT2D eigenvalue weighted by molar-refractivity contribution is 7.84. The van der Waals surface area contributed by atoms with Crippen molar-refractivity contribution in [1.82, 2.24) is 0 Å². The molecule has 2 aromatic carbocycles. The van der Waals surface area contributed by atoms with E-state index >= 15 is 0 Å². The van der Waals surface area contributed by atoms with Crippen LogP contribution in [0.25, 0.3) is 0 Å². The van der Waals surface area contributed by atoms with E-state index in [9.17, 15) is 13.8 Å². The summed E-state index contributed by atoms with van der Waals surface area (Å²) in [5, 5.41) is 5.62. The van der Waals surface area contributed by atoms with Crippen molar-refractivity contribution < 1.29 is 13.8 Å². The molecule has 2 amide bonds. The molecule has 0 unspecified atom stereocenters. The Bertz CT molecular complexity index is 798. The average Bonchev–Trinajstić information content (AvgIpc) is 3.40. The first-order valence-corrected chi connectivity index (χ1v) is 9.24. The molecule has 2 N–H and O–H groups in total. The fourth-order valence-electron chi connectivity index (χ4n) is 2.26. The van der Waals surface area contributed by atoms with Gasteiger partial charge in [0.25, 0.3) is 5.91 Å². The number of amides is 2. The van der Waals surface area contributed by atoms with Gasteiger partial charge in [-0.15, -0.1) is 0 Å². The summed E-state index contributed by atoms with van der Waals surface area (Å²) < 4.78 is 11.4. The van der Waals surface area contributed by atoms with Crippen LogP contribution in [-0.4, -0.2) is 22.3 Å². The molecule has 124 valence electrons. The molecule has 0 heterocycles. The highest BCUT2D eigenvalue weighted by Crippen LogP contribution is 2.30. The van der Waals surface area contributed by atoms with Gasteiger partial charge in [0.2, 0.25) is 5.91 Å². The maximum atomic E-state index is 12.3. The molecule has 3 rings (SSSR count). The lowest BCUT2D eigenvalue weighted by Crippen LogP contribution is -2.15. The fraction of sp³-hybridized carbons (Fsp3) is 0.222. The van der Waals surface area contributed by atoms with Crippen LogP contribution in [0, 0.1) is 5.92 Å². The van der Waals surface area contributed by atoms with Gasteiger partial charge in [-0.1, -0.05) is 6.07 Å². The minimum atomic E-state index is -1.05. The summed E-state index contributed by atoms with van der Waals surface area (Å²) in [5.41, 5.74) is 1.71. The van der Waals surface area contributed by atoms with Crippen LogP contribution in [0.1, 0.15) is 23.2 Å². The molecule has 0 saturated heterocycles. The predicted octanol–water partition coefficient (Wildman–Crippen LogP) is 3.02. The lowest BCUT2D eigenvalue weighted by Gasteiger charge is -2.08. The molecule has 1 saturated carbocycles. The van der Waals surface area contributed by atoms with Crippen molar-refractivity contribution in [2.24, 2.45) is 5.92 Å². The van der Waals surface area contributed by atoms with Gasteiger partial charge < -0.3 is 10.6 Å². The highest BCUT2D eigenvalue weighted by Gasteiger charge is 2.29. The van der Waals surface area contributed by atoms with E-state index < -0.39 is 10.8 Å². The molecule has 0 aliphatic heterocycles. The molecule has 6 heteroatoms. The third-order valence-corrected chi connectivity index (χ3v) is 4.72. The number of rotatable bonds is 5. The summed E-state index contributed by atoms with van der Waals surface area (Å²) in [4.78, 5) is 24.8. The van der Waals surface area contributed by atoms with E-state index in [0.717, 1.165) is 12.8 Å². The Hall–Kier alpha value is -2.47. The number of carbonyl (C=O) groups is 2. The lowest BCUT2D eigenvalue weighted by molar-refractivity contribution is -0.117. The predicted molar refractivity (Wildman–Crippen MR) is 94.5 cm³/mol. The van der Waals surface area contributed by atoms with Crippen molar-refractivity contribution in [2.45, 2.75) is 17.7 Å². The van der Waals surface area contributed by atoms with Crippen LogP contribution in [0.3, 0.4) is 0 Å². The Morgan fingerprint density at radius 3 is 2.33 bits per heavy atom. The van der Waals surface area contributed by atoms with E-state index in [1.807, 2.05) is 0 Å². The summed E-state index contributed by atoms with van der Waals surface area (Å²) in [5.74, 6) is -0.135. The van der Waals surface area contributed by atoms with E-state index in [2.05, 4.69) is 10.6 Å². The van der Waals surface area contributed by atoms with Gasteiger partial charge >= 0.3 is 0 Å². The number of hydrogen-bond donors (Lipinski definition) is 2. The first-order valence-electron chi connectivity index (χ1n) is 7.69. The molecule has 1 aliphatic carbocycles. The van der Waals surface area contributed by atoms with Crippen molar-refractivity contribution in [3.05, 3.63) is 54.1 Å². The second kappa shape index (κ2) is 6.97. The zero-order chi connectivity index (χ0) is 17.1. The molecule has 24 heavy (non-hydrogen) atoms. The third-order valence-electron chi connectivity index (χ3n) is 3.78. The smallest absolute Gasteiger partial charge is 0.255 e. The second-order valence-electron chi connectivity index (χ2n) is 5.78. The Balaban J connectivity index is 1.67. The zero-order valence-electron chi connectivity index (χ0n) is 13.2. The van der Waals surface area contributed by atoms with Crippen molar-refractivity contribution >= 4 is 34.0 Å².